The predicted molar refractivity (Wildman–Crippen MR) is 82.1 cm³/mol. The fourth-order valence-corrected chi connectivity index (χ4v) is 4.44. The van der Waals surface area contributed by atoms with Crippen molar-refractivity contribution in [1.82, 2.24) is 13.7 Å². The van der Waals surface area contributed by atoms with Crippen LogP contribution in [0.1, 0.15) is 5.82 Å². The first kappa shape index (κ1) is 14.4. The Morgan fingerprint density at radius 3 is 2.33 bits per heavy atom. The van der Waals surface area contributed by atoms with Crippen molar-refractivity contribution in [3.05, 3.63) is 36.2 Å². The number of aryl methyl sites for hydroxylation is 1. The number of hydrogen-bond donors (Lipinski definition) is 0. The molecule has 1 fully saturated rings. The molecule has 1 aliphatic rings. The van der Waals surface area contributed by atoms with Crippen LogP contribution in [0.15, 0.2) is 35.2 Å². The fourth-order valence-electron chi connectivity index (χ4n) is 2.28. The van der Waals surface area contributed by atoms with E-state index in [9.17, 15) is 8.42 Å². The zero-order valence-electron chi connectivity index (χ0n) is 11.6. The lowest BCUT2D eigenvalue weighted by atomic mass is 10.4. The molecule has 0 N–H and O–H groups in total. The average molecular weight is 324 g/mol. The van der Waals surface area contributed by atoms with Gasteiger partial charge in [0.25, 0.3) is 0 Å². The molecule has 1 aromatic heterocycles. The van der Waals surface area contributed by atoms with E-state index in [1.54, 1.807) is 24.3 Å². The van der Waals surface area contributed by atoms with Gasteiger partial charge in [0.15, 0.2) is 0 Å². The molecule has 112 valence electrons. The second-order valence-corrected chi connectivity index (χ2v) is 7.50. The molecule has 2 heterocycles. The Kier molecular flexibility index (Phi) is 3.92. The molecule has 0 bridgehead atoms. The minimum atomic E-state index is -3.39. The lowest BCUT2D eigenvalue weighted by Crippen LogP contribution is -2.48. The Hall–Kier alpha value is -1.51. The number of benzene rings is 1. The topological polar surface area (TPSA) is 66.4 Å². The standard InChI is InChI=1S/C13H16N4O2S2/c1-11-14-13(20-15-11)16-7-9-17(10-8-16)21(18,19)12-5-3-2-4-6-12/h2-6H,7-10H2,1H3. The van der Waals surface area contributed by atoms with Gasteiger partial charge < -0.3 is 4.90 Å². The van der Waals surface area contributed by atoms with Crippen molar-refractivity contribution < 1.29 is 8.42 Å². The van der Waals surface area contributed by atoms with Crippen LogP contribution in [0.25, 0.3) is 0 Å². The van der Waals surface area contributed by atoms with Gasteiger partial charge in [-0.25, -0.2) is 13.4 Å². The minimum Gasteiger partial charge on any atom is -0.344 e. The summed E-state index contributed by atoms with van der Waals surface area (Å²) in [4.78, 5) is 6.78. The number of aromatic nitrogens is 2. The van der Waals surface area contributed by atoms with E-state index in [1.807, 2.05) is 13.0 Å². The van der Waals surface area contributed by atoms with Crippen molar-refractivity contribution in [1.29, 1.82) is 0 Å². The van der Waals surface area contributed by atoms with Crippen LogP contribution in [-0.4, -0.2) is 48.3 Å². The summed E-state index contributed by atoms with van der Waals surface area (Å²) < 4.78 is 30.7. The smallest absolute Gasteiger partial charge is 0.243 e. The third-order valence-corrected chi connectivity index (χ3v) is 6.19. The molecular formula is C13H16N4O2S2. The maximum absolute atomic E-state index is 12.5. The van der Waals surface area contributed by atoms with E-state index in [-0.39, 0.29) is 0 Å². The largest absolute Gasteiger partial charge is 0.344 e. The van der Waals surface area contributed by atoms with Crippen LogP contribution in [0, 0.1) is 6.92 Å². The maximum atomic E-state index is 12.5. The average Bonchev–Trinajstić information content (AvgIpc) is 2.95. The fraction of sp³-hybridized carbons (Fsp3) is 0.385. The van der Waals surface area contributed by atoms with Crippen molar-refractivity contribution in [3.63, 3.8) is 0 Å². The van der Waals surface area contributed by atoms with Crippen molar-refractivity contribution in [2.45, 2.75) is 11.8 Å². The molecule has 0 radical (unpaired) electrons. The summed E-state index contributed by atoms with van der Waals surface area (Å²) in [5.41, 5.74) is 0. The van der Waals surface area contributed by atoms with Crippen molar-refractivity contribution >= 4 is 26.7 Å². The highest BCUT2D eigenvalue weighted by molar-refractivity contribution is 7.89. The molecule has 3 rings (SSSR count). The molecule has 1 saturated heterocycles. The number of nitrogens with zero attached hydrogens (tertiary/aromatic N) is 4. The maximum Gasteiger partial charge on any atom is 0.243 e. The molecule has 0 unspecified atom stereocenters. The zero-order valence-corrected chi connectivity index (χ0v) is 13.3. The first-order chi connectivity index (χ1) is 10.1. The van der Waals surface area contributed by atoms with E-state index in [1.165, 1.54) is 15.8 Å². The molecule has 6 nitrogen and oxygen atoms in total. The molecular weight excluding hydrogens is 308 g/mol. The molecule has 0 amide bonds. The molecule has 2 aromatic rings. The summed E-state index contributed by atoms with van der Waals surface area (Å²) in [7, 11) is -3.39. The molecule has 1 aromatic carbocycles. The Balaban J connectivity index is 1.71. The number of rotatable bonds is 3. The lowest BCUT2D eigenvalue weighted by molar-refractivity contribution is 0.384. The number of hydrogen-bond acceptors (Lipinski definition) is 6. The summed E-state index contributed by atoms with van der Waals surface area (Å²) in [6.07, 6.45) is 0. The van der Waals surface area contributed by atoms with Crippen LogP contribution in [0.5, 0.6) is 0 Å². The second-order valence-electron chi connectivity index (χ2n) is 4.83. The number of sulfonamides is 1. The molecule has 1 aliphatic heterocycles. The van der Waals surface area contributed by atoms with Crippen LogP contribution >= 0.6 is 11.5 Å². The van der Waals surface area contributed by atoms with Gasteiger partial charge in [-0.1, -0.05) is 18.2 Å². The number of anilines is 1. The van der Waals surface area contributed by atoms with Crippen LogP contribution < -0.4 is 4.90 Å². The number of piperazine rings is 1. The van der Waals surface area contributed by atoms with Crippen LogP contribution in [-0.2, 0) is 10.0 Å². The predicted octanol–water partition coefficient (Wildman–Crippen LogP) is 1.36. The minimum absolute atomic E-state index is 0.352. The highest BCUT2D eigenvalue weighted by Crippen LogP contribution is 2.22. The van der Waals surface area contributed by atoms with Gasteiger partial charge in [0.2, 0.25) is 15.2 Å². The second kappa shape index (κ2) is 5.70. The highest BCUT2D eigenvalue weighted by Gasteiger charge is 2.29. The van der Waals surface area contributed by atoms with Crippen molar-refractivity contribution in [2.75, 3.05) is 31.1 Å². The van der Waals surface area contributed by atoms with E-state index < -0.39 is 10.0 Å². The lowest BCUT2D eigenvalue weighted by Gasteiger charge is -2.33. The van der Waals surface area contributed by atoms with E-state index >= 15 is 0 Å². The van der Waals surface area contributed by atoms with Gasteiger partial charge in [-0.15, -0.1) is 0 Å². The van der Waals surface area contributed by atoms with Crippen molar-refractivity contribution in [3.8, 4) is 0 Å². The van der Waals surface area contributed by atoms with E-state index in [0.717, 1.165) is 11.0 Å². The van der Waals surface area contributed by atoms with Gasteiger partial charge >= 0.3 is 0 Å². The van der Waals surface area contributed by atoms with Crippen LogP contribution in [0.3, 0.4) is 0 Å². The third kappa shape index (κ3) is 2.92. The first-order valence-electron chi connectivity index (χ1n) is 6.68. The van der Waals surface area contributed by atoms with Gasteiger partial charge in [0.05, 0.1) is 4.90 Å². The van der Waals surface area contributed by atoms with Gasteiger partial charge in [-0.2, -0.15) is 8.68 Å². The van der Waals surface area contributed by atoms with Crippen molar-refractivity contribution in [2.24, 2.45) is 0 Å². The zero-order chi connectivity index (χ0) is 14.9. The van der Waals surface area contributed by atoms with Gasteiger partial charge in [0, 0.05) is 37.7 Å². The Bertz CT molecular complexity index is 707. The summed E-state index contributed by atoms with van der Waals surface area (Å²) in [5.74, 6) is 0.759. The summed E-state index contributed by atoms with van der Waals surface area (Å²) in [6, 6.07) is 8.57. The first-order valence-corrected chi connectivity index (χ1v) is 8.89. The quantitative estimate of drug-likeness (QED) is 0.853. The van der Waals surface area contributed by atoms with Gasteiger partial charge in [-0.3, -0.25) is 0 Å². The molecule has 21 heavy (non-hydrogen) atoms. The Morgan fingerprint density at radius 2 is 1.76 bits per heavy atom. The Labute approximate surface area is 128 Å². The van der Waals surface area contributed by atoms with E-state index in [4.69, 9.17) is 0 Å². The molecule has 0 spiro atoms. The summed E-state index contributed by atoms with van der Waals surface area (Å²) in [5, 5.41) is 0.865. The van der Waals surface area contributed by atoms with E-state index in [0.29, 0.717) is 31.1 Å². The van der Waals surface area contributed by atoms with E-state index in [2.05, 4.69) is 14.3 Å². The third-order valence-electron chi connectivity index (χ3n) is 3.41. The Morgan fingerprint density at radius 1 is 1.10 bits per heavy atom. The molecule has 8 heteroatoms. The van der Waals surface area contributed by atoms with Crippen LogP contribution in [0.4, 0.5) is 5.13 Å². The summed E-state index contributed by atoms with van der Waals surface area (Å²) in [6.45, 7) is 4.07. The highest BCUT2D eigenvalue weighted by atomic mass is 32.2. The van der Waals surface area contributed by atoms with Crippen LogP contribution in [0.2, 0.25) is 0 Å². The van der Waals surface area contributed by atoms with Gasteiger partial charge in [-0.05, 0) is 19.1 Å². The molecule has 0 saturated carbocycles. The SMILES string of the molecule is Cc1nsc(N2CCN(S(=O)(=O)c3ccccc3)CC2)n1. The summed E-state index contributed by atoms with van der Waals surface area (Å²) >= 11 is 1.36. The monoisotopic (exact) mass is 324 g/mol. The molecule has 0 aliphatic carbocycles. The van der Waals surface area contributed by atoms with Gasteiger partial charge in [0.1, 0.15) is 5.82 Å². The normalized spacial score (nSPS) is 17.1. The molecule has 0 atom stereocenters.